The Hall–Kier alpha value is -2.22. The van der Waals surface area contributed by atoms with Gasteiger partial charge in [-0.15, -0.1) is 0 Å². The first-order valence-electron chi connectivity index (χ1n) is 11.8. The summed E-state index contributed by atoms with van der Waals surface area (Å²) in [5.41, 5.74) is 0.569. The Morgan fingerprint density at radius 1 is 1.09 bits per heavy atom. The number of benzene rings is 1. The summed E-state index contributed by atoms with van der Waals surface area (Å²) in [5.74, 6) is -1.55. The average molecular weight is 530 g/mol. The van der Waals surface area contributed by atoms with Crippen molar-refractivity contribution >= 4 is 37.4 Å². The number of amides is 1. The van der Waals surface area contributed by atoms with Gasteiger partial charge < -0.3 is 19.7 Å². The van der Waals surface area contributed by atoms with Crippen molar-refractivity contribution in [3.63, 3.8) is 0 Å². The van der Waals surface area contributed by atoms with Gasteiger partial charge in [-0.25, -0.2) is 21.6 Å². The molecule has 194 valence electrons. The molecule has 13 heteroatoms. The molecule has 4 rings (SSSR count). The lowest BCUT2D eigenvalue weighted by atomic mass is 10.1. The van der Waals surface area contributed by atoms with Gasteiger partial charge in [-0.05, 0) is 37.5 Å². The van der Waals surface area contributed by atoms with Crippen molar-refractivity contribution in [1.29, 1.82) is 0 Å². The van der Waals surface area contributed by atoms with Crippen LogP contribution in [0.3, 0.4) is 0 Å². The maximum absolute atomic E-state index is 13.2. The average Bonchev–Trinajstić information content (AvgIpc) is 3.21. The molecular weight excluding hydrogens is 498 g/mol. The Kier molecular flexibility index (Phi) is 7.99. The predicted molar refractivity (Wildman–Crippen MR) is 128 cm³/mol. The van der Waals surface area contributed by atoms with Gasteiger partial charge in [-0.3, -0.25) is 4.79 Å². The third kappa shape index (κ3) is 6.32. The van der Waals surface area contributed by atoms with E-state index in [4.69, 9.17) is 9.47 Å². The van der Waals surface area contributed by atoms with Crippen LogP contribution in [0.4, 0.5) is 5.69 Å². The molecule has 1 aromatic carbocycles. The predicted octanol–water partition coefficient (Wildman–Crippen LogP) is 0.158. The number of piperidine rings is 1. The molecule has 3 saturated heterocycles. The van der Waals surface area contributed by atoms with Crippen LogP contribution in [0.2, 0.25) is 0 Å². The van der Waals surface area contributed by atoms with Gasteiger partial charge in [0.25, 0.3) is 5.91 Å². The number of sulfone groups is 1. The molecule has 1 amide bonds. The second-order valence-electron chi connectivity index (χ2n) is 8.99. The standard InChI is InChI=1S/C22H31N3O8S2/c26-21(23-17-6-13-34(28,29)16-17)15-33-22(27)19-14-18(35(30,31)25-7-2-1-3-8-25)4-5-20(19)24-9-11-32-12-10-24/h4-5,14,17H,1-3,6-13,15-16H2,(H,23,26)/t17-/m1/s1. The van der Waals surface area contributed by atoms with Gasteiger partial charge in [0.2, 0.25) is 10.0 Å². The number of esters is 1. The van der Waals surface area contributed by atoms with Gasteiger partial charge in [0.1, 0.15) is 0 Å². The number of morpholine rings is 1. The van der Waals surface area contributed by atoms with E-state index in [1.165, 1.54) is 16.4 Å². The summed E-state index contributed by atoms with van der Waals surface area (Å²) >= 11 is 0. The van der Waals surface area contributed by atoms with E-state index in [1.807, 2.05) is 4.90 Å². The Labute approximate surface area is 205 Å². The van der Waals surface area contributed by atoms with Crippen molar-refractivity contribution in [1.82, 2.24) is 9.62 Å². The quantitative estimate of drug-likeness (QED) is 0.489. The fourth-order valence-corrected chi connectivity index (χ4v) is 7.78. The molecule has 11 nitrogen and oxygen atoms in total. The van der Waals surface area contributed by atoms with Crippen LogP contribution in [-0.4, -0.2) is 96.6 Å². The van der Waals surface area contributed by atoms with Crippen LogP contribution >= 0.6 is 0 Å². The van der Waals surface area contributed by atoms with Crippen LogP contribution in [0.5, 0.6) is 0 Å². The number of rotatable bonds is 7. The van der Waals surface area contributed by atoms with Crippen LogP contribution in [0, 0.1) is 0 Å². The minimum atomic E-state index is -3.78. The van der Waals surface area contributed by atoms with E-state index in [0.29, 0.717) is 51.5 Å². The first-order valence-corrected chi connectivity index (χ1v) is 15.1. The highest BCUT2D eigenvalue weighted by atomic mass is 32.2. The normalized spacial score (nSPS) is 23.1. The van der Waals surface area contributed by atoms with E-state index in [9.17, 15) is 26.4 Å². The first kappa shape index (κ1) is 25.9. The van der Waals surface area contributed by atoms with Gasteiger partial charge in [-0.1, -0.05) is 6.42 Å². The van der Waals surface area contributed by atoms with Crippen LogP contribution in [0.25, 0.3) is 0 Å². The molecule has 35 heavy (non-hydrogen) atoms. The van der Waals surface area contributed by atoms with E-state index >= 15 is 0 Å². The van der Waals surface area contributed by atoms with E-state index < -0.39 is 44.4 Å². The highest BCUT2D eigenvalue weighted by Crippen LogP contribution is 2.28. The summed E-state index contributed by atoms with van der Waals surface area (Å²) in [6.07, 6.45) is 2.88. The van der Waals surface area contributed by atoms with Gasteiger partial charge in [0.15, 0.2) is 16.4 Å². The van der Waals surface area contributed by atoms with Crippen LogP contribution in [0.1, 0.15) is 36.0 Å². The molecule has 1 atom stereocenters. The summed E-state index contributed by atoms with van der Waals surface area (Å²) in [6, 6.07) is 3.91. The number of ether oxygens (including phenoxy) is 2. The molecule has 1 N–H and O–H groups in total. The molecule has 0 aliphatic carbocycles. The van der Waals surface area contributed by atoms with E-state index in [1.54, 1.807) is 6.07 Å². The largest absolute Gasteiger partial charge is 0.452 e. The molecule has 3 aliphatic rings. The summed E-state index contributed by atoms with van der Waals surface area (Å²) < 4.78 is 61.6. The number of nitrogens with zero attached hydrogens (tertiary/aromatic N) is 2. The number of nitrogens with one attached hydrogen (secondary N) is 1. The molecule has 3 fully saturated rings. The maximum atomic E-state index is 13.2. The van der Waals surface area contributed by atoms with E-state index in [-0.39, 0.29) is 22.0 Å². The van der Waals surface area contributed by atoms with Crippen molar-refractivity contribution in [2.45, 2.75) is 36.6 Å². The second-order valence-corrected chi connectivity index (χ2v) is 13.2. The number of carbonyl (C=O) groups excluding carboxylic acids is 2. The molecule has 3 heterocycles. The highest BCUT2D eigenvalue weighted by molar-refractivity contribution is 7.91. The number of anilines is 1. The molecule has 0 radical (unpaired) electrons. The van der Waals surface area contributed by atoms with E-state index in [0.717, 1.165) is 19.3 Å². The van der Waals surface area contributed by atoms with Gasteiger partial charge >= 0.3 is 5.97 Å². The van der Waals surface area contributed by atoms with Crippen molar-refractivity contribution in [2.75, 3.05) is 62.4 Å². The van der Waals surface area contributed by atoms with E-state index in [2.05, 4.69) is 5.32 Å². The molecule has 0 saturated carbocycles. The number of sulfonamides is 1. The lowest BCUT2D eigenvalue weighted by Gasteiger charge is -2.31. The number of carbonyl (C=O) groups is 2. The van der Waals surface area contributed by atoms with Crippen LogP contribution < -0.4 is 10.2 Å². The molecule has 3 aliphatic heterocycles. The second kappa shape index (κ2) is 10.8. The maximum Gasteiger partial charge on any atom is 0.340 e. The minimum absolute atomic E-state index is 0.00368. The summed E-state index contributed by atoms with van der Waals surface area (Å²) in [7, 11) is -6.94. The van der Waals surface area contributed by atoms with Gasteiger partial charge in [0, 0.05) is 32.2 Å². The molecule has 0 bridgehead atoms. The molecule has 0 unspecified atom stereocenters. The topological polar surface area (TPSA) is 139 Å². The fourth-order valence-electron chi connectivity index (χ4n) is 4.56. The lowest BCUT2D eigenvalue weighted by molar-refractivity contribution is -0.124. The van der Waals surface area contributed by atoms with Crippen molar-refractivity contribution < 1.29 is 35.9 Å². The Morgan fingerprint density at radius 2 is 1.80 bits per heavy atom. The Balaban J connectivity index is 1.51. The highest BCUT2D eigenvalue weighted by Gasteiger charge is 2.31. The number of hydrogen-bond donors (Lipinski definition) is 1. The first-order chi connectivity index (χ1) is 16.7. The fraction of sp³-hybridized carbons (Fsp3) is 0.636. The number of hydrogen-bond acceptors (Lipinski definition) is 9. The smallest absolute Gasteiger partial charge is 0.340 e. The monoisotopic (exact) mass is 529 g/mol. The zero-order valence-electron chi connectivity index (χ0n) is 19.5. The van der Waals surface area contributed by atoms with Gasteiger partial charge in [0.05, 0.1) is 40.9 Å². The Bertz CT molecular complexity index is 1160. The molecular formula is C22H31N3O8S2. The van der Waals surface area contributed by atoms with Crippen LogP contribution in [0.15, 0.2) is 23.1 Å². The van der Waals surface area contributed by atoms with Gasteiger partial charge in [-0.2, -0.15) is 4.31 Å². The molecule has 0 aromatic heterocycles. The third-order valence-electron chi connectivity index (χ3n) is 6.42. The van der Waals surface area contributed by atoms with Crippen molar-refractivity contribution in [3.8, 4) is 0 Å². The summed E-state index contributed by atoms with van der Waals surface area (Å²) in [6.45, 7) is 2.25. The summed E-state index contributed by atoms with van der Waals surface area (Å²) in [4.78, 5) is 27.2. The molecule has 0 spiro atoms. The zero-order valence-corrected chi connectivity index (χ0v) is 21.1. The minimum Gasteiger partial charge on any atom is -0.452 e. The summed E-state index contributed by atoms with van der Waals surface area (Å²) in [5, 5.41) is 2.57. The van der Waals surface area contributed by atoms with Crippen molar-refractivity contribution in [3.05, 3.63) is 23.8 Å². The van der Waals surface area contributed by atoms with Crippen molar-refractivity contribution in [2.24, 2.45) is 0 Å². The lowest BCUT2D eigenvalue weighted by Crippen LogP contribution is -2.39. The van der Waals surface area contributed by atoms with Crippen LogP contribution in [-0.2, 0) is 34.1 Å². The molecule has 1 aromatic rings. The Morgan fingerprint density at radius 3 is 2.46 bits per heavy atom. The third-order valence-corrected chi connectivity index (χ3v) is 10.1. The SMILES string of the molecule is O=C(COC(=O)c1cc(S(=O)(=O)N2CCCCC2)ccc1N1CCOCC1)N[C@@H]1CCS(=O)(=O)C1. The zero-order chi connectivity index (χ0) is 25.1.